The third-order valence-corrected chi connectivity index (χ3v) is 7.92. The lowest BCUT2D eigenvalue weighted by Crippen LogP contribution is -2.56. The molecule has 0 saturated heterocycles. The number of carbonyl (C=O) groups excluding carboxylic acids is 4. The molecule has 0 heterocycles. The summed E-state index contributed by atoms with van der Waals surface area (Å²) < 4.78 is 16.7. The molecule has 1 fully saturated rings. The van der Waals surface area contributed by atoms with Crippen molar-refractivity contribution >= 4 is 23.7 Å². The number of ketones is 1. The minimum absolute atomic E-state index is 0.0205. The van der Waals surface area contributed by atoms with Gasteiger partial charge in [0.1, 0.15) is 24.4 Å². The zero-order valence-electron chi connectivity index (χ0n) is 21.4. The van der Waals surface area contributed by atoms with Gasteiger partial charge in [-0.2, -0.15) is 0 Å². The van der Waals surface area contributed by atoms with Gasteiger partial charge in [0.05, 0.1) is 11.5 Å². The number of Topliss-reactive ketones (excluding diaryl/α,β-unsaturated/α-hetero) is 1. The Balaban J connectivity index is 2.29. The topological polar surface area (TPSA) is 136 Å². The molecule has 9 nitrogen and oxygen atoms in total. The number of ether oxygens (including phenoxy) is 3. The molecule has 0 spiro atoms. The van der Waals surface area contributed by atoms with Crippen LogP contribution in [0.1, 0.15) is 67.7 Å². The van der Waals surface area contributed by atoms with Gasteiger partial charge in [-0.1, -0.05) is 13.8 Å². The molecule has 0 amide bonds. The summed E-state index contributed by atoms with van der Waals surface area (Å²) in [5.74, 6) is -2.66. The van der Waals surface area contributed by atoms with E-state index in [0.29, 0.717) is 23.1 Å². The second kappa shape index (κ2) is 9.50. The van der Waals surface area contributed by atoms with E-state index in [-0.39, 0.29) is 12.8 Å². The average molecular weight is 493 g/mol. The number of fused-ring (bicyclic) bond motifs is 4. The largest absolute Gasteiger partial charge is 0.461 e. The normalized spacial score (nSPS) is 36.6. The second-order valence-electron chi connectivity index (χ2n) is 10.8. The lowest BCUT2D eigenvalue weighted by molar-refractivity contribution is -0.166. The molecule has 3 rings (SSSR count). The van der Waals surface area contributed by atoms with E-state index in [1.807, 2.05) is 13.8 Å². The monoisotopic (exact) mass is 492 g/mol. The highest BCUT2D eigenvalue weighted by Gasteiger charge is 2.56. The van der Waals surface area contributed by atoms with Gasteiger partial charge in [0.2, 0.25) is 0 Å². The van der Waals surface area contributed by atoms with Crippen LogP contribution in [-0.4, -0.2) is 64.4 Å². The van der Waals surface area contributed by atoms with Crippen molar-refractivity contribution in [2.45, 2.75) is 98.2 Å². The van der Waals surface area contributed by atoms with Crippen molar-refractivity contribution in [2.24, 2.45) is 16.7 Å². The highest BCUT2D eigenvalue weighted by Crippen LogP contribution is 2.53. The molecule has 35 heavy (non-hydrogen) atoms. The Hall–Kier alpha value is -2.52. The summed E-state index contributed by atoms with van der Waals surface area (Å²) in [5, 5.41) is 22.5. The molecule has 194 valence electrons. The van der Waals surface area contributed by atoms with Crippen LogP contribution in [0.4, 0.5) is 0 Å². The minimum Gasteiger partial charge on any atom is -0.461 e. The average Bonchev–Trinajstić information content (AvgIpc) is 2.70. The van der Waals surface area contributed by atoms with Crippen LogP contribution in [0.5, 0.6) is 0 Å². The van der Waals surface area contributed by atoms with Crippen molar-refractivity contribution < 1.29 is 43.6 Å². The second-order valence-corrected chi connectivity index (χ2v) is 10.8. The number of hydrogen-bond acceptors (Lipinski definition) is 9. The summed E-state index contributed by atoms with van der Waals surface area (Å²) >= 11 is 0. The molecular formula is C26H36O9. The van der Waals surface area contributed by atoms with Crippen LogP contribution in [0, 0.1) is 16.7 Å². The molecule has 4 bridgehead atoms. The lowest BCUT2D eigenvalue weighted by atomic mass is 9.57. The van der Waals surface area contributed by atoms with Gasteiger partial charge in [0, 0.05) is 33.1 Å². The van der Waals surface area contributed by atoms with Gasteiger partial charge >= 0.3 is 17.9 Å². The van der Waals surface area contributed by atoms with Gasteiger partial charge in [0.15, 0.2) is 5.78 Å². The Labute approximate surface area is 205 Å². The Morgan fingerprint density at radius 1 is 0.943 bits per heavy atom. The maximum absolute atomic E-state index is 13.9. The molecule has 0 aromatic heterocycles. The van der Waals surface area contributed by atoms with Gasteiger partial charge < -0.3 is 24.4 Å². The van der Waals surface area contributed by atoms with Crippen LogP contribution in [0.25, 0.3) is 0 Å². The molecule has 3 aliphatic rings. The van der Waals surface area contributed by atoms with Crippen molar-refractivity contribution in [3.8, 4) is 0 Å². The van der Waals surface area contributed by atoms with E-state index in [1.54, 1.807) is 19.9 Å². The Bertz CT molecular complexity index is 991. The summed E-state index contributed by atoms with van der Waals surface area (Å²) in [6.45, 7) is 10.8. The lowest BCUT2D eigenvalue weighted by Gasteiger charge is -2.51. The SMILES string of the molecule is CC(=O)O[C@H]1C[C@H]2[C@@H](OC(C)=O)C=C3C[C@](C)(C(=O)[C@H](O)C(=C1C)C2(C)C)[C@@H](OC(C)=O)C[C@@H]3O. The first-order chi connectivity index (χ1) is 16.1. The summed E-state index contributed by atoms with van der Waals surface area (Å²) in [7, 11) is 0. The molecule has 0 radical (unpaired) electrons. The third kappa shape index (κ3) is 4.93. The number of carbonyl (C=O) groups is 4. The summed E-state index contributed by atoms with van der Waals surface area (Å²) in [6, 6.07) is 0. The summed E-state index contributed by atoms with van der Waals surface area (Å²) in [6.07, 6.45) is -3.17. The maximum atomic E-state index is 13.9. The van der Waals surface area contributed by atoms with Crippen LogP contribution >= 0.6 is 0 Å². The highest BCUT2D eigenvalue weighted by molar-refractivity contribution is 5.93. The Morgan fingerprint density at radius 2 is 1.51 bits per heavy atom. The Morgan fingerprint density at radius 3 is 2.06 bits per heavy atom. The molecule has 7 atom stereocenters. The van der Waals surface area contributed by atoms with Crippen LogP contribution in [-0.2, 0) is 33.4 Å². The van der Waals surface area contributed by atoms with E-state index in [2.05, 4.69) is 0 Å². The third-order valence-electron chi connectivity index (χ3n) is 7.92. The molecule has 3 aliphatic carbocycles. The van der Waals surface area contributed by atoms with Gasteiger partial charge in [0.25, 0.3) is 0 Å². The molecule has 0 unspecified atom stereocenters. The van der Waals surface area contributed by atoms with Crippen molar-refractivity contribution in [1.82, 2.24) is 0 Å². The number of rotatable bonds is 3. The molecule has 2 N–H and O–H groups in total. The molecule has 9 heteroatoms. The van der Waals surface area contributed by atoms with E-state index in [9.17, 15) is 29.4 Å². The zero-order chi connectivity index (χ0) is 26.5. The minimum atomic E-state index is -1.58. The van der Waals surface area contributed by atoms with Gasteiger partial charge in [-0.05, 0) is 54.9 Å². The first kappa shape index (κ1) is 27.1. The maximum Gasteiger partial charge on any atom is 0.303 e. The van der Waals surface area contributed by atoms with Crippen molar-refractivity contribution in [3.05, 3.63) is 22.8 Å². The predicted octanol–water partition coefficient (Wildman–Crippen LogP) is 2.18. The molecule has 0 aromatic rings. The van der Waals surface area contributed by atoms with Gasteiger partial charge in [-0.3, -0.25) is 19.2 Å². The molecule has 1 saturated carbocycles. The van der Waals surface area contributed by atoms with E-state index in [0.717, 1.165) is 0 Å². The first-order valence-corrected chi connectivity index (χ1v) is 11.9. The number of aliphatic hydroxyl groups is 2. The fourth-order valence-corrected chi connectivity index (χ4v) is 6.18. The van der Waals surface area contributed by atoms with E-state index in [4.69, 9.17) is 14.2 Å². The van der Waals surface area contributed by atoms with Crippen molar-refractivity contribution in [2.75, 3.05) is 0 Å². The number of hydrogen-bond donors (Lipinski definition) is 2. The van der Waals surface area contributed by atoms with Crippen LogP contribution in [0.2, 0.25) is 0 Å². The standard InChI is InChI=1S/C26H36O9/c1-12-19(33-13(2)27)9-17-20(34-14(3)28)8-16-11-26(7,21(10-18(16)30)35-15(4)29)24(32)23(31)22(12)25(17,5)6/h8,17-21,23,30-31H,9-11H2,1-7H3/t17-,18-,19-,20-,21-,23+,26-/m0/s1. The van der Waals surface area contributed by atoms with Crippen LogP contribution in [0.3, 0.4) is 0 Å². The molecular weight excluding hydrogens is 456 g/mol. The van der Waals surface area contributed by atoms with Gasteiger partial charge in [-0.15, -0.1) is 0 Å². The predicted molar refractivity (Wildman–Crippen MR) is 124 cm³/mol. The van der Waals surface area contributed by atoms with Crippen LogP contribution < -0.4 is 0 Å². The zero-order valence-corrected chi connectivity index (χ0v) is 21.4. The quantitative estimate of drug-likeness (QED) is 0.345. The molecule has 0 aromatic carbocycles. The molecule has 0 aliphatic heterocycles. The number of aliphatic hydroxyl groups excluding tert-OH is 2. The number of esters is 3. The fourth-order valence-electron chi connectivity index (χ4n) is 6.18. The summed E-state index contributed by atoms with van der Waals surface area (Å²) in [4.78, 5) is 49.7. The van der Waals surface area contributed by atoms with E-state index in [1.165, 1.54) is 20.8 Å². The van der Waals surface area contributed by atoms with E-state index < -0.39 is 71.0 Å². The van der Waals surface area contributed by atoms with Gasteiger partial charge in [-0.25, -0.2) is 0 Å². The highest BCUT2D eigenvalue weighted by atomic mass is 16.6. The first-order valence-electron chi connectivity index (χ1n) is 11.9. The smallest absolute Gasteiger partial charge is 0.303 e. The van der Waals surface area contributed by atoms with Crippen molar-refractivity contribution in [1.29, 1.82) is 0 Å². The van der Waals surface area contributed by atoms with Crippen LogP contribution in [0.15, 0.2) is 22.8 Å². The van der Waals surface area contributed by atoms with Crippen molar-refractivity contribution in [3.63, 3.8) is 0 Å². The van der Waals surface area contributed by atoms with E-state index >= 15 is 0 Å². The fraction of sp³-hybridized carbons (Fsp3) is 0.692. The summed E-state index contributed by atoms with van der Waals surface area (Å²) in [5.41, 5.74) is -0.763. The Kier molecular flexibility index (Phi) is 7.35.